The van der Waals surface area contributed by atoms with E-state index in [0.717, 1.165) is 19.5 Å². The van der Waals surface area contributed by atoms with Crippen molar-refractivity contribution in [1.82, 2.24) is 10.3 Å². The Kier molecular flexibility index (Phi) is 4.76. The van der Waals surface area contributed by atoms with Crippen LogP contribution in [0.2, 0.25) is 0 Å². The van der Waals surface area contributed by atoms with Crippen LogP contribution in [0.1, 0.15) is 48.0 Å². The maximum absolute atomic E-state index is 4.52. The molecular formula is C15H22N2S2. The Morgan fingerprint density at radius 2 is 2.05 bits per heavy atom. The molecule has 1 N–H and O–H groups in total. The van der Waals surface area contributed by atoms with Crippen LogP contribution in [0.25, 0.3) is 0 Å². The monoisotopic (exact) mass is 294 g/mol. The van der Waals surface area contributed by atoms with Crippen molar-refractivity contribution < 1.29 is 0 Å². The summed E-state index contributed by atoms with van der Waals surface area (Å²) in [5.41, 5.74) is 1.63. The highest BCUT2D eigenvalue weighted by atomic mass is 32.1. The Morgan fingerprint density at radius 1 is 1.26 bits per heavy atom. The van der Waals surface area contributed by atoms with Crippen molar-refractivity contribution in [2.45, 2.75) is 52.6 Å². The van der Waals surface area contributed by atoms with Gasteiger partial charge in [-0.2, -0.15) is 0 Å². The average molecular weight is 294 g/mol. The summed E-state index contributed by atoms with van der Waals surface area (Å²) in [5, 5.41) is 6.92. The van der Waals surface area contributed by atoms with Gasteiger partial charge in [-0.05, 0) is 23.4 Å². The van der Waals surface area contributed by atoms with Crippen molar-refractivity contribution in [1.29, 1.82) is 0 Å². The van der Waals surface area contributed by atoms with Gasteiger partial charge >= 0.3 is 0 Å². The third-order valence-electron chi connectivity index (χ3n) is 3.00. The first kappa shape index (κ1) is 14.7. The van der Waals surface area contributed by atoms with E-state index in [2.05, 4.69) is 49.4 Å². The van der Waals surface area contributed by atoms with Crippen LogP contribution in [0.3, 0.4) is 0 Å². The molecule has 0 fully saturated rings. The normalized spacial score (nSPS) is 12.0. The van der Waals surface area contributed by atoms with E-state index in [4.69, 9.17) is 0 Å². The molecule has 0 aliphatic rings. The molecule has 0 aromatic carbocycles. The first-order valence-electron chi connectivity index (χ1n) is 6.72. The molecule has 0 saturated heterocycles. The molecule has 0 amide bonds. The lowest BCUT2D eigenvalue weighted by atomic mass is 9.98. The zero-order valence-electron chi connectivity index (χ0n) is 12.1. The highest BCUT2D eigenvalue weighted by molar-refractivity contribution is 7.11. The second-order valence-corrected chi connectivity index (χ2v) is 7.82. The number of nitrogens with zero attached hydrogens (tertiary/aromatic N) is 1. The number of hydrogen-bond acceptors (Lipinski definition) is 4. The number of thiophene rings is 1. The summed E-state index contributed by atoms with van der Waals surface area (Å²) in [5.74, 6) is 0. The van der Waals surface area contributed by atoms with Gasteiger partial charge in [0.05, 0.1) is 5.01 Å². The molecule has 0 saturated carbocycles. The molecule has 104 valence electrons. The van der Waals surface area contributed by atoms with Crippen molar-refractivity contribution in [3.05, 3.63) is 38.0 Å². The fourth-order valence-corrected chi connectivity index (χ4v) is 3.76. The van der Waals surface area contributed by atoms with Crippen molar-refractivity contribution in [3.63, 3.8) is 0 Å². The van der Waals surface area contributed by atoms with E-state index >= 15 is 0 Å². The van der Waals surface area contributed by atoms with Gasteiger partial charge in [-0.25, -0.2) is 4.98 Å². The predicted molar refractivity (Wildman–Crippen MR) is 85.1 cm³/mol. The van der Waals surface area contributed by atoms with E-state index in [0.29, 0.717) is 0 Å². The van der Waals surface area contributed by atoms with Crippen LogP contribution < -0.4 is 5.32 Å². The zero-order valence-corrected chi connectivity index (χ0v) is 13.8. The largest absolute Gasteiger partial charge is 0.307 e. The van der Waals surface area contributed by atoms with E-state index < -0.39 is 0 Å². The molecule has 0 unspecified atom stereocenters. The molecule has 2 aromatic rings. The maximum Gasteiger partial charge on any atom is 0.0981 e. The van der Waals surface area contributed by atoms with Crippen LogP contribution >= 0.6 is 22.7 Å². The lowest BCUT2D eigenvalue weighted by Gasteiger charge is -2.13. The van der Waals surface area contributed by atoms with E-state index in [1.54, 1.807) is 0 Å². The summed E-state index contributed by atoms with van der Waals surface area (Å²) in [6, 6.07) is 2.23. The Morgan fingerprint density at radius 3 is 2.68 bits per heavy atom. The summed E-state index contributed by atoms with van der Waals surface area (Å²) >= 11 is 3.66. The SMILES string of the molecule is CCc1ccsc1CNCc1cnc(C(C)(C)C)s1. The van der Waals surface area contributed by atoms with E-state index in [1.807, 2.05) is 28.9 Å². The molecule has 2 heterocycles. The fraction of sp³-hybridized carbons (Fsp3) is 0.533. The molecule has 0 bridgehead atoms. The van der Waals surface area contributed by atoms with Gasteiger partial charge in [0.25, 0.3) is 0 Å². The van der Waals surface area contributed by atoms with Gasteiger partial charge in [0, 0.05) is 34.5 Å². The van der Waals surface area contributed by atoms with Crippen LogP contribution in [0.15, 0.2) is 17.6 Å². The molecule has 2 aromatic heterocycles. The van der Waals surface area contributed by atoms with Crippen LogP contribution in [0, 0.1) is 0 Å². The summed E-state index contributed by atoms with van der Waals surface area (Å²) in [6.07, 6.45) is 3.13. The zero-order chi connectivity index (χ0) is 13.9. The highest BCUT2D eigenvalue weighted by Crippen LogP contribution is 2.26. The van der Waals surface area contributed by atoms with Crippen LogP contribution in [-0.4, -0.2) is 4.98 Å². The number of hydrogen-bond donors (Lipinski definition) is 1. The van der Waals surface area contributed by atoms with E-state index in [-0.39, 0.29) is 5.41 Å². The van der Waals surface area contributed by atoms with Crippen molar-refractivity contribution >= 4 is 22.7 Å². The summed E-state index contributed by atoms with van der Waals surface area (Å²) < 4.78 is 0. The average Bonchev–Trinajstić information content (AvgIpc) is 2.96. The smallest absolute Gasteiger partial charge is 0.0981 e. The minimum Gasteiger partial charge on any atom is -0.307 e. The van der Waals surface area contributed by atoms with Crippen LogP contribution in [-0.2, 0) is 24.9 Å². The molecule has 0 radical (unpaired) electrons. The number of aryl methyl sites for hydroxylation is 1. The molecule has 0 aliphatic carbocycles. The molecule has 19 heavy (non-hydrogen) atoms. The topological polar surface area (TPSA) is 24.9 Å². The van der Waals surface area contributed by atoms with Crippen LogP contribution in [0.5, 0.6) is 0 Å². The molecule has 0 atom stereocenters. The third-order valence-corrected chi connectivity index (χ3v) is 5.38. The maximum atomic E-state index is 4.52. The second kappa shape index (κ2) is 6.16. The van der Waals surface area contributed by atoms with Crippen molar-refractivity contribution in [2.24, 2.45) is 0 Å². The van der Waals surface area contributed by atoms with Gasteiger partial charge in [0.15, 0.2) is 0 Å². The van der Waals surface area contributed by atoms with Gasteiger partial charge in [-0.15, -0.1) is 22.7 Å². The lowest BCUT2D eigenvalue weighted by molar-refractivity contribution is 0.585. The molecule has 4 heteroatoms. The van der Waals surface area contributed by atoms with Gasteiger partial charge in [0.1, 0.15) is 0 Å². The Bertz CT molecular complexity index is 520. The van der Waals surface area contributed by atoms with E-state index in [1.165, 1.54) is 20.3 Å². The Labute approximate surface area is 123 Å². The number of nitrogens with one attached hydrogen (secondary N) is 1. The molecule has 0 spiro atoms. The minimum absolute atomic E-state index is 0.159. The Hall–Kier alpha value is -0.710. The second-order valence-electron chi connectivity index (χ2n) is 5.71. The van der Waals surface area contributed by atoms with Gasteiger partial charge < -0.3 is 5.32 Å². The fourth-order valence-electron chi connectivity index (χ4n) is 1.87. The van der Waals surface area contributed by atoms with Crippen molar-refractivity contribution in [3.8, 4) is 0 Å². The highest BCUT2D eigenvalue weighted by Gasteiger charge is 2.17. The van der Waals surface area contributed by atoms with Gasteiger partial charge in [0.2, 0.25) is 0 Å². The minimum atomic E-state index is 0.159. The predicted octanol–water partition coefficient (Wildman–Crippen LogP) is 4.35. The lowest BCUT2D eigenvalue weighted by Crippen LogP contribution is -2.12. The quantitative estimate of drug-likeness (QED) is 0.886. The first-order chi connectivity index (χ1) is 9.00. The standard InChI is InChI=1S/C15H22N2S2/c1-5-11-6-7-18-13(11)10-16-8-12-9-17-14(19-12)15(2,3)4/h6-7,9,16H,5,8,10H2,1-4H3. The number of aromatic nitrogens is 1. The Balaban J connectivity index is 1.88. The molecule has 0 aliphatic heterocycles. The first-order valence-corrected chi connectivity index (χ1v) is 8.41. The summed E-state index contributed by atoms with van der Waals surface area (Å²) in [4.78, 5) is 7.30. The summed E-state index contributed by atoms with van der Waals surface area (Å²) in [6.45, 7) is 10.7. The third kappa shape index (κ3) is 3.88. The van der Waals surface area contributed by atoms with Gasteiger partial charge in [-0.3, -0.25) is 0 Å². The van der Waals surface area contributed by atoms with E-state index in [9.17, 15) is 0 Å². The van der Waals surface area contributed by atoms with Gasteiger partial charge in [-0.1, -0.05) is 27.7 Å². The van der Waals surface area contributed by atoms with Crippen LogP contribution in [0.4, 0.5) is 0 Å². The molecule has 2 nitrogen and oxygen atoms in total. The molecular weight excluding hydrogens is 272 g/mol. The molecule has 2 rings (SSSR count). The number of rotatable bonds is 5. The number of thiazole rings is 1. The van der Waals surface area contributed by atoms with Crippen molar-refractivity contribution in [2.75, 3.05) is 0 Å². The summed E-state index contributed by atoms with van der Waals surface area (Å²) in [7, 11) is 0.